The van der Waals surface area contributed by atoms with Crippen molar-refractivity contribution in [2.24, 2.45) is 0 Å². The van der Waals surface area contributed by atoms with Gasteiger partial charge >= 0.3 is 0 Å². The molecule has 0 aliphatic rings. The van der Waals surface area contributed by atoms with E-state index in [2.05, 4.69) is 209 Å². The maximum Gasteiger partial charge on any atom is 0.159 e. The molecule has 2 heterocycles. The first-order valence-corrected chi connectivity index (χ1v) is 21.5. The Labute approximate surface area is 360 Å². The molecule has 62 heavy (non-hydrogen) atoms. The molecule has 0 fully saturated rings. The van der Waals surface area contributed by atoms with Crippen molar-refractivity contribution in [1.29, 1.82) is 0 Å². The van der Waals surface area contributed by atoms with E-state index in [-0.39, 0.29) is 0 Å². The molecular weight excluding hydrogens is 757 g/mol. The summed E-state index contributed by atoms with van der Waals surface area (Å²) in [6, 6.07) is 57.6. The lowest BCUT2D eigenvalue weighted by molar-refractivity contribution is 0.665. The smallest absolute Gasteiger partial charge is 0.159 e. The summed E-state index contributed by atoms with van der Waals surface area (Å²) < 4.78 is 13.9. The maximum atomic E-state index is 6.93. The average Bonchev–Trinajstić information content (AvgIpc) is 3.86. The van der Waals surface area contributed by atoms with Crippen LogP contribution < -0.4 is 9.80 Å². The minimum atomic E-state index is 0.893. The van der Waals surface area contributed by atoms with Gasteiger partial charge in [0.25, 0.3) is 0 Å². The van der Waals surface area contributed by atoms with E-state index < -0.39 is 0 Å². The molecule has 12 rings (SSSR count). The summed E-state index contributed by atoms with van der Waals surface area (Å²) in [5.74, 6) is 0. The molecule has 0 atom stereocenters. The molecule has 2 aromatic heterocycles. The Morgan fingerprint density at radius 2 is 0.645 bits per heavy atom. The number of hydrogen-bond donors (Lipinski definition) is 0. The van der Waals surface area contributed by atoms with Crippen LogP contribution in [0.5, 0.6) is 0 Å². The molecule has 4 nitrogen and oxygen atoms in total. The third-order valence-electron chi connectivity index (χ3n) is 13.3. The first-order chi connectivity index (χ1) is 30.3. The lowest BCUT2D eigenvalue weighted by Crippen LogP contribution is -2.14. The monoisotopic (exact) mass is 800 g/mol. The highest BCUT2D eigenvalue weighted by molar-refractivity contribution is 6.29. The molecule has 298 valence electrons. The summed E-state index contributed by atoms with van der Waals surface area (Å²) in [6.45, 7) is 13.1. The van der Waals surface area contributed by atoms with E-state index in [1.165, 1.54) is 43.4 Å². The van der Waals surface area contributed by atoms with Gasteiger partial charge < -0.3 is 18.6 Å². The Balaban J connectivity index is 1.16. The van der Waals surface area contributed by atoms with Crippen LogP contribution in [0, 0.1) is 41.5 Å². The van der Waals surface area contributed by atoms with Crippen LogP contribution in [0.25, 0.3) is 76.2 Å². The molecule has 0 bridgehead atoms. The largest absolute Gasteiger partial charge is 0.454 e. The van der Waals surface area contributed by atoms with Crippen molar-refractivity contribution in [3.8, 4) is 0 Å². The van der Waals surface area contributed by atoms with E-state index >= 15 is 0 Å². The normalized spacial score (nSPS) is 12.0. The Hall–Kier alpha value is -7.56. The van der Waals surface area contributed by atoms with Crippen molar-refractivity contribution < 1.29 is 8.83 Å². The van der Waals surface area contributed by atoms with Crippen LogP contribution in [0.1, 0.15) is 33.4 Å². The molecule has 0 N–H and O–H groups in total. The van der Waals surface area contributed by atoms with Crippen LogP contribution in [0.4, 0.5) is 34.1 Å². The number of anilines is 6. The molecule has 0 aliphatic heterocycles. The zero-order valence-corrected chi connectivity index (χ0v) is 35.7. The highest BCUT2D eigenvalue weighted by atomic mass is 16.3. The van der Waals surface area contributed by atoms with E-state index in [0.29, 0.717) is 0 Å². The van der Waals surface area contributed by atoms with Gasteiger partial charge in [0.05, 0.1) is 22.7 Å². The Bertz CT molecular complexity index is 3540. The second-order valence-electron chi connectivity index (χ2n) is 17.2. The molecule has 4 heteroatoms. The number of nitrogens with zero attached hydrogens (tertiary/aromatic N) is 2. The fraction of sp³-hybridized carbons (Fsp3) is 0.103. The molecule has 0 radical (unpaired) electrons. The summed E-state index contributed by atoms with van der Waals surface area (Å²) in [5.41, 5.74) is 17.1. The van der Waals surface area contributed by atoms with Crippen LogP contribution in [0.3, 0.4) is 0 Å². The van der Waals surface area contributed by atoms with E-state index in [4.69, 9.17) is 8.83 Å². The van der Waals surface area contributed by atoms with Crippen LogP contribution >= 0.6 is 0 Å². The minimum Gasteiger partial charge on any atom is -0.454 e. The Kier molecular flexibility index (Phi) is 7.89. The van der Waals surface area contributed by atoms with Gasteiger partial charge in [-0.25, -0.2) is 0 Å². The quantitative estimate of drug-likeness (QED) is 0.157. The van der Waals surface area contributed by atoms with Crippen LogP contribution in [-0.2, 0) is 0 Å². The van der Waals surface area contributed by atoms with E-state index in [1.54, 1.807) is 0 Å². The van der Waals surface area contributed by atoms with Crippen molar-refractivity contribution in [2.75, 3.05) is 9.80 Å². The van der Waals surface area contributed by atoms with Crippen LogP contribution in [0.2, 0.25) is 0 Å². The van der Waals surface area contributed by atoms with Gasteiger partial charge in [0, 0.05) is 43.7 Å². The zero-order chi connectivity index (χ0) is 42.0. The molecule has 12 aromatic rings. The predicted molar refractivity (Wildman–Crippen MR) is 262 cm³/mol. The summed E-state index contributed by atoms with van der Waals surface area (Å²) in [6.07, 6.45) is 0. The van der Waals surface area contributed by atoms with Gasteiger partial charge in [-0.3, -0.25) is 0 Å². The van der Waals surface area contributed by atoms with E-state index in [9.17, 15) is 0 Å². The highest BCUT2D eigenvalue weighted by Gasteiger charge is 2.28. The third-order valence-corrected chi connectivity index (χ3v) is 13.3. The Morgan fingerprint density at radius 1 is 0.274 bits per heavy atom. The van der Waals surface area contributed by atoms with Gasteiger partial charge in [0.2, 0.25) is 0 Å². The molecule has 10 aromatic carbocycles. The SMILES string of the molecule is Cc1ccccc1N(c1ccc2ccc3c(N(c4ccccc4C)c4c(C)ccc5c4oc4c(C)cccc45)ccc4ccc1c2c43)c1c(C)ccc2c1oc1c(C)cccc12. The molecule has 0 amide bonds. The average molecular weight is 801 g/mol. The summed E-state index contributed by atoms with van der Waals surface area (Å²) in [4.78, 5) is 4.90. The standard InChI is InChI=1S/C58H44N2O2/c1-33-13-7-9-19-47(33)59(53-35(3)21-27-43-41-17-11-15-37(5)55(41)61-57(43)53)49-31-25-39-24-30-46-50(32-26-40-23-29-45(49)51(39)52(40)46)60(48-20-10-8-14-34(48)2)54-36(4)22-28-44-42-18-12-16-38(6)56(42)62-58(44)54/h7-32H,1-6H3. The van der Waals surface area contributed by atoms with Crippen molar-refractivity contribution in [2.45, 2.75) is 41.5 Å². The first kappa shape index (κ1) is 36.3. The second-order valence-corrected chi connectivity index (χ2v) is 17.2. The minimum absolute atomic E-state index is 0.893. The summed E-state index contributed by atoms with van der Waals surface area (Å²) in [5, 5.41) is 11.7. The predicted octanol–water partition coefficient (Wildman–Crippen LogP) is 17.2. The molecular formula is C58H44N2O2. The lowest BCUT2D eigenvalue weighted by atomic mass is 9.91. The molecule has 0 saturated heterocycles. The van der Waals surface area contributed by atoms with Gasteiger partial charge in [-0.2, -0.15) is 0 Å². The van der Waals surface area contributed by atoms with E-state index in [1.807, 2.05) is 0 Å². The number of furan rings is 2. The fourth-order valence-electron chi connectivity index (χ4n) is 10.3. The van der Waals surface area contributed by atoms with E-state index in [0.717, 1.165) is 100 Å². The molecule has 0 saturated carbocycles. The molecule has 0 unspecified atom stereocenters. The number of para-hydroxylation sites is 4. The molecule has 0 aliphatic carbocycles. The van der Waals surface area contributed by atoms with Gasteiger partial charge in [-0.15, -0.1) is 0 Å². The third kappa shape index (κ3) is 5.13. The summed E-state index contributed by atoms with van der Waals surface area (Å²) in [7, 11) is 0. The number of fused-ring (bicyclic) bond motifs is 6. The number of aryl methyl sites for hydroxylation is 6. The number of benzene rings is 10. The van der Waals surface area contributed by atoms with Gasteiger partial charge in [0.1, 0.15) is 11.2 Å². The first-order valence-electron chi connectivity index (χ1n) is 21.5. The summed E-state index contributed by atoms with van der Waals surface area (Å²) >= 11 is 0. The van der Waals surface area contributed by atoms with Gasteiger partial charge in [-0.05, 0) is 121 Å². The van der Waals surface area contributed by atoms with Crippen LogP contribution in [-0.4, -0.2) is 0 Å². The van der Waals surface area contributed by atoms with Crippen LogP contribution in [0.15, 0.2) is 167 Å². The number of hydrogen-bond acceptors (Lipinski definition) is 4. The fourth-order valence-corrected chi connectivity index (χ4v) is 10.3. The highest BCUT2D eigenvalue weighted by Crippen LogP contribution is 2.52. The van der Waals surface area contributed by atoms with Gasteiger partial charge in [-0.1, -0.05) is 133 Å². The molecule has 0 spiro atoms. The zero-order valence-electron chi connectivity index (χ0n) is 35.7. The maximum absolute atomic E-state index is 6.93. The number of rotatable bonds is 6. The van der Waals surface area contributed by atoms with Crippen molar-refractivity contribution in [1.82, 2.24) is 0 Å². The Morgan fingerprint density at radius 3 is 1.08 bits per heavy atom. The lowest BCUT2D eigenvalue weighted by Gasteiger charge is -2.31. The van der Waals surface area contributed by atoms with Crippen molar-refractivity contribution in [3.63, 3.8) is 0 Å². The topological polar surface area (TPSA) is 32.8 Å². The van der Waals surface area contributed by atoms with Crippen molar-refractivity contribution in [3.05, 3.63) is 191 Å². The van der Waals surface area contributed by atoms with Gasteiger partial charge in [0.15, 0.2) is 11.2 Å². The van der Waals surface area contributed by atoms with Crippen molar-refractivity contribution >= 4 is 110 Å². The second kappa shape index (κ2) is 13.5.